The molecular weight excluding hydrogens is 310 g/mol. The largest absolute Gasteiger partial charge is 0.387 e. The number of nitrogens with zero attached hydrogens (tertiary/aromatic N) is 1. The fourth-order valence-corrected chi connectivity index (χ4v) is 3.37. The molecule has 0 amide bonds. The molecule has 0 aliphatic carbocycles. The van der Waals surface area contributed by atoms with Crippen molar-refractivity contribution < 1.29 is 5.11 Å². The van der Waals surface area contributed by atoms with Crippen LogP contribution < -0.4 is 0 Å². The Bertz CT molecular complexity index is 486. The fourth-order valence-electron chi connectivity index (χ4n) is 1.84. The van der Waals surface area contributed by atoms with Crippen molar-refractivity contribution in [2.24, 2.45) is 0 Å². The first kappa shape index (κ1) is 13.7. The number of likely N-dealkylation sites (N-methyl/N-ethyl adjacent to an activating group) is 1. The standard InChI is InChI=1S/C14H16BrNOS/c1-16(8-13-7-12(15)10-18-13)9-14(17)11-5-3-2-4-6-11/h2-7,10,14,17H,8-9H2,1H3. The zero-order valence-electron chi connectivity index (χ0n) is 10.2. The van der Waals surface area contributed by atoms with Crippen molar-refractivity contribution in [3.8, 4) is 0 Å². The lowest BCUT2D eigenvalue weighted by molar-refractivity contribution is 0.124. The number of benzene rings is 1. The van der Waals surface area contributed by atoms with Crippen LogP contribution in [0.15, 0.2) is 46.3 Å². The molecule has 1 heterocycles. The highest BCUT2D eigenvalue weighted by Crippen LogP contribution is 2.21. The van der Waals surface area contributed by atoms with Crippen LogP contribution in [0.2, 0.25) is 0 Å². The van der Waals surface area contributed by atoms with Crippen LogP contribution in [-0.2, 0) is 6.54 Å². The Labute approximate surface area is 120 Å². The summed E-state index contributed by atoms with van der Waals surface area (Å²) in [6.45, 7) is 1.50. The topological polar surface area (TPSA) is 23.5 Å². The highest BCUT2D eigenvalue weighted by atomic mass is 79.9. The van der Waals surface area contributed by atoms with Gasteiger partial charge in [0.05, 0.1) is 6.10 Å². The number of hydrogen-bond acceptors (Lipinski definition) is 3. The molecule has 2 rings (SSSR count). The average molecular weight is 326 g/mol. The molecule has 2 aromatic rings. The predicted molar refractivity (Wildman–Crippen MR) is 79.8 cm³/mol. The third-order valence-electron chi connectivity index (χ3n) is 2.72. The number of aliphatic hydroxyl groups excluding tert-OH is 1. The van der Waals surface area contributed by atoms with Gasteiger partial charge in [-0.25, -0.2) is 0 Å². The van der Waals surface area contributed by atoms with E-state index in [0.717, 1.165) is 16.6 Å². The summed E-state index contributed by atoms with van der Waals surface area (Å²) in [6, 6.07) is 11.9. The molecule has 1 atom stereocenters. The molecule has 0 saturated carbocycles. The fraction of sp³-hybridized carbons (Fsp3) is 0.286. The lowest BCUT2D eigenvalue weighted by Crippen LogP contribution is -2.23. The van der Waals surface area contributed by atoms with E-state index in [9.17, 15) is 5.11 Å². The number of halogens is 1. The Balaban J connectivity index is 1.89. The van der Waals surface area contributed by atoms with Gasteiger partial charge in [-0.2, -0.15) is 0 Å². The molecule has 0 aliphatic heterocycles. The van der Waals surface area contributed by atoms with Crippen molar-refractivity contribution >= 4 is 27.3 Å². The summed E-state index contributed by atoms with van der Waals surface area (Å²) in [6.07, 6.45) is -0.431. The summed E-state index contributed by atoms with van der Waals surface area (Å²) in [4.78, 5) is 3.43. The number of hydrogen-bond donors (Lipinski definition) is 1. The van der Waals surface area contributed by atoms with Crippen molar-refractivity contribution in [1.82, 2.24) is 4.90 Å². The minimum Gasteiger partial charge on any atom is -0.387 e. The molecule has 0 saturated heterocycles. The molecule has 1 unspecified atom stereocenters. The van der Waals surface area contributed by atoms with Gasteiger partial charge in [0.25, 0.3) is 0 Å². The first-order valence-corrected chi connectivity index (χ1v) is 7.47. The van der Waals surface area contributed by atoms with Crippen LogP contribution in [0, 0.1) is 0 Å². The third kappa shape index (κ3) is 3.92. The zero-order chi connectivity index (χ0) is 13.0. The van der Waals surface area contributed by atoms with E-state index in [1.807, 2.05) is 37.4 Å². The van der Waals surface area contributed by atoms with Crippen molar-refractivity contribution in [3.05, 3.63) is 56.7 Å². The Kier molecular flexibility index (Phi) is 4.95. The lowest BCUT2D eigenvalue weighted by Gasteiger charge is -2.20. The van der Waals surface area contributed by atoms with Gasteiger partial charge in [0.2, 0.25) is 0 Å². The SMILES string of the molecule is CN(Cc1cc(Br)cs1)CC(O)c1ccccc1. The molecule has 1 N–H and O–H groups in total. The third-order valence-corrected chi connectivity index (χ3v) is 4.40. The zero-order valence-corrected chi connectivity index (χ0v) is 12.6. The van der Waals surface area contributed by atoms with Crippen LogP contribution in [-0.4, -0.2) is 23.6 Å². The van der Waals surface area contributed by atoms with E-state index in [4.69, 9.17) is 0 Å². The van der Waals surface area contributed by atoms with E-state index in [1.165, 1.54) is 4.88 Å². The molecular formula is C14H16BrNOS. The average Bonchev–Trinajstić information content (AvgIpc) is 2.75. The van der Waals surface area contributed by atoms with E-state index < -0.39 is 6.10 Å². The van der Waals surface area contributed by atoms with Gasteiger partial charge in [0, 0.05) is 27.8 Å². The van der Waals surface area contributed by atoms with Crippen LogP contribution in [0.5, 0.6) is 0 Å². The maximum Gasteiger partial charge on any atom is 0.0916 e. The summed E-state index contributed by atoms with van der Waals surface area (Å²) < 4.78 is 1.12. The Morgan fingerprint density at radius 1 is 1.33 bits per heavy atom. The van der Waals surface area contributed by atoms with Crippen molar-refractivity contribution in [1.29, 1.82) is 0 Å². The molecule has 18 heavy (non-hydrogen) atoms. The van der Waals surface area contributed by atoms with E-state index in [-0.39, 0.29) is 0 Å². The van der Waals surface area contributed by atoms with Gasteiger partial charge in [-0.3, -0.25) is 4.90 Å². The molecule has 96 valence electrons. The van der Waals surface area contributed by atoms with Gasteiger partial charge in [-0.15, -0.1) is 11.3 Å². The molecule has 0 spiro atoms. The molecule has 0 aliphatic rings. The summed E-state index contributed by atoms with van der Waals surface area (Å²) in [5.74, 6) is 0. The van der Waals surface area contributed by atoms with Crippen LogP contribution in [0.3, 0.4) is 0 Å². The second-order valence-electron chi connectivity index (χ2n) is 4.35. The molecule has 1 aromatic heterocycles. The summed E-state index contributed by atoms with van der Waals surface area (Å²) >= 11 is 5.18. The highest BCUT2D eigenvalue weighted by Gasteiger charge is 2.11. The molecule has 0 bridgehead atoms. The second kappa shape index (κ2) is 6.48. The maximum atomic E-state index is 10.1. The summed E-state index contributed by atoms with van der Waals surface area (Å²) in [5.41, 5.74) is 0.969. The molecule has 1 aromatic carbocycles. The van der Waals surface area contributed by atoms with Gasteiger partial charge < -0.3 is 5.11 Å². The number of aliphatic hydroxyl groups is 1. The predicted octanol–water partition coefficient (Wildman–Crippen LogP) is 3.68. The van der Waals surface area contributed by atoms with Crippen LogP contribution in [0.4, 0.5) is 0 Å². The van der Waals surface area contributed by atoms with Gasteiger partial charge in [0.15, 0.2) is 0 Å². The van der Waals surface area contributed by atoms with Crippen LogP contribution in [0.1, 0.15) is 16.5 Å². The first-order valence-electron chi connectivity index (χ1n) is 5.79. The Hall–Kier alpha value is -0.680. The van der Waals surface area contributed by atoms with Gasteiger partial charge in [-0.05, 0) is 34.6 Å². The summed E-state index contributed by atoms with van der Waals surface area (Å²) in [5, 5.41) is 12.2. The Morgan fingerprint density at radius 3 is 2.67 bits per heavy atom. The van der Waals surface area contributed by atoms with E-state index >= 15 is 0 Å². The Morgan fingerprint density at radius 2 is 2.06 bits per heavy atom. The van der Waals surface area contributed by atoms with Crippen LogP contribution >= 0.6 is 27.3 Å². The van der Waals surface area contributed by atoms with Crippen molar-refractivity contribution in [2.75, 3.05) is 13.6 Å². The summed E-state index contributed by atoms with van der Waals surface area (Å²) in [7, 11) is 2.03. The van der Waals surface area contributed by atoms with Crippen molar-refractivity contribution in [3.63, 3.8) is 0 Å². The smallest absolute Gasteiger partial charge is 0.0916 e. The minimum absolute atomic E-state index is 0.431. The van der Waals surface area contributed by atoms with Crippen molar-refractivity contribution in [2.45, 2.75) is 12.6 Å². The monoisotopic (exact) mass is 325 g/mol. The van der Waals surface area contributed by atoms with E-state index in [2.05, 4.69) is 32.3 Å². The molecule has 0 radical (unpaired) electrons. The number of rotatable bonds is 5. The van der Waals surface area contributed by atoms with Gasteiger partial charge in [-0.1, -0.05) is 30.3 Å². The first-order chi connectivity index (χ1) is 8.65. The second-order valence-corrected chi connectivity index (χ2v) is 6.27. The highest BCUT2D eigenvalue weighted by molar-refractivity contribution is 9.10. The normalized spacial score (nSPS) is 12.9. The van der Waals surface area contributed by atoms with Gasteiger partial charge in [0.1, 0.15) is 0 Å². The molecule has 0 fully saturated rings. The van der Waals surface area contributed by atoms with Crippen LogP contribution in [0.25, 0.3) is 0 Å². The van der Waals surface area contributed by atoms with E-state index in [1.54, 1.807) is 11.3 Å². The quantitative estimate of drug-likeness (QED) is 0.906. The van der Waals surface area contributed by atoms with Gasteiger partial charge >= 0.3 is 0 Å². The molecule has 2 nitrogen and oxygen atoms in total. The lowest BCUT2D eigenvalue weighted by atomic mass is 10.1. The van der Waals surface area contributed by atoms with E-state index in [0.29, 0.717) is 6.54 Å². The minimum atomic E-state index is -0.431. The molecule has 4 heteroatoms. The maximum absolute atomic E-state index is 10.1. The number of thiophene rings is 1.